The van der Waals surface area contributed by atoms with Crippen molar-refractivity contribution in [3.8, 4) is 11.1 Å². The first-order chi connectivity index (χ1) is 16.1. The molecule has 33 heavy (non-hydrogen) atoms. The van der Waals surface area contributed by atoms with Gasteiger partial charge in [0.05, 0.1) is 5.39 Å². The van der Waals surface area contributed by atoms with E-state index in [9.17, 15) is 4.79 Å². The summed E-state index contributed by atoms with van der Waals surface area (Å²) >= 11 is 0. The molecule has 0 aliphatic heterocycles. The van der Waals surface area contributed by atoms with E-state index in [1.807, 2.05) is 30.3 Å². The normalized spacial score (nSPS) is 11.5. The van der Waals surface area contributed by atoms with Crippen molar-refractivity contribution in [2.24, 2.45) is 0 Å². The molecule has 3 aromatic carbocycles. The Kier molecular flexibility index (Phi) is 7.59. The molecule has 0 unspecified atom stereocenters. The zero-order valence-corrected chi connectivity index (χ0v) is 19.8. The van der Waals surface area contributed by atoms with Crippen molar-refractivity contribution < 1.29 is 8.81 Å². The van der Waals surface area contributed by atoms with Gasteiger partial charge in [0.25, 0.3) is 0 Å². The molecule has 0 saturated heterocycles. The minimum Gasteiger partial charge on any atom is -0.419 e. The molecule has 2 nitrogen and oxygen atoms in total. The first-order valence-corrected chi connectivity index (χ1v) is 12.4. The maximum Gasteiger partial charge on any atom is 0.344 e. The molecule has 1 aromatic heterocycles. The van der Waals surface area contributed by atoms with Crippen molar-refractivity contribution >= 4 is 21.7 Å². The first-order valence-electron chi connectivity index (χ1n) is 12.4. The van der Waals surface area contributed by atoms with Crippen LogP contribution in [0.1, 0.15) is 69.9 Å². The molecule has 0 N–H and O–H groups in total. The summed E-state index contributed by atoms with van der Waals surface area (Å²) in [7, 11) is 0. The molecule has 0 radical (unpaired) electrons. The number of benzene rings is 3. The number of fused-ring (bicyclic) bond motifs is 3. The van der Waals surface area contributed by atoms with E-state index in [4.69, 9.17) is 4.42 Å². The minimum absolute atomic E-state index is 0.0765. The average molecular weight is 445 g/mol. The van der Waals surface area contributed by atoms with Gasteiger partial charge in [0.2, 0.25) is 0 Å². The average Bonchev–Trinajstić information content (AvgIpc) is 2.83. The van der Waals surface area contributed by atoms with Gasteiger partial charge in [0.1, 0.15) is 0 Å². The van der Waals surface area contributed by atoms with Crippen LogP contribution in [0.25, 0.3) is 32.9 Å². The molecule has 0 aliphatic rings. The predicted octanol–water partition coefficient (Wildman–Crippen LogP) is 8.61. The fourth-order valence-electron chi connectivity index (χ4n) is 4.63. The molecule has 0 spiro atoms. The van der Waals surface area contributed by atoms with Gasteiger partial charge in [-0.15, -0.1) is 0 Å². The topological polar surface area (TPSA) is 30.2 Å². The highest BCUT2D eigenvalue weighted by Crippen LogP contribution is 2.30. The van der Waals surface area contributed by atoms with Crippen molar-refractivity contribution in [1.82, 2.24) is 0 Å². The number of hydrogen-bond acceptors (Lipinski definition) is 2. The summed E-state index contributed by atoms with van der Waals surface area (Å²) in [6.07, 6.45) is 9.79. The quantitative estimate of drug-likeness (QED) is 0.139. The molecule has 0 aliphatic carbocycles. The summed E-state index contributed by atoms with van der Waals surface area (Å²) in [5, 5.41) is 1.87. The van der Waals surface area contributed by atoms with Gasteiger partial charge in [0.15, 0.2) is 11.4 Å². The standard InChI is InChI=1S/C30H33FO2/c1-3-5-6-7-8-9-11-23-16-19-26-25-18-17-24(22-14-12-21(10-4-2)13-15-22)20-27(25)30(32)33-29(26)28(23)31/h12-20H,3-11H2,1-2H3. The van der Waals surface area contributed by atoms with Gasteiger partial charge >= 0.3 is 5.63 Å². The van der Waals surface area contributed by atoms with E-state index < -0.39 is 11.4 Å². The molecule has 0 amide bonds. The summed E-state index contributed by atoms with van der Waals surface area (Å²) in [6.45, 7) is 4.37. The minimum atomic E-state index is -0.488. The molecule has 0 bridgehead atoms. The third-order valence-electron chi connectivity index (χ3n) is 6.53. The molecule has 4 rings (SSSR count). The Bertz CT molecular complexity index is 1280. The number of halogens is 1. The van der Waals surface area contributed by atoms with Crippen LogP contribution in [0.2, 0.25) is 0 Å². The largest absolute Gasteiger partial charge is 0.419 e. The van der Waals surface area contributed by atoms with Gasteiger partial charge in [0, 0.05) is 10.8 Å². The van der Waals surface area contributed by atoms with Gasteiger partial charge in [-0.2, -0.15) is 0 Å². The van der Waals surface area contributed by atoms with Crippen LogP contribution in [0, 0.1) is 5.82 Å². The van der Waals surface area contributed by atoms with Gasteiger partial charge in [-0.05, 0) is 47.6 Å². The predicted molar refractivity (Wildman–Crippen MR) is 136 cm³/mol. The molecule has 1 heterocycles. The lowest BCUT2D eigenvalue weighted by Gasteiger charge is -2.09. The Balaban J connectivity index is 1.62. The van der Waals surface area contributed by atoms with Crippen molar-refractivity contribution in [2.45, 2.75) is 71.6 Å². The second-order valence-corrected chi connectivity index (χ2v) is 9.03. The van der Waals surface area contributed by atoms with Crippen LogP contribution in [0.5, 0.6) is 0 Å². The van der Waals surface area contributed by atoms with E-state index >= 15 is 4.39 Å². The highest BCUT2D eigenvalue weighted by molar-refractivity contribution is 6.05. The highest BCUT2D eigenvalue weighted by atomic mass is 19.1. The lowest BCUT2D eigenvalue weighted by Crippen LogP contribution is -2.03. The van der Waals surface area contributed by atoms with Gasteiger partial charge < -0.3 is 4.42 Å². The first kappa shape index (κ1) is 23.2. The summed E-state index contributed by atoms with van der Waals surface area (Å²) in [5.74, 6) is -0.393. The monoisotopic (exact) mass is 444 g/mol. The number of rotatable bonds is 10. The number of aryl methyl sites for hydroxylation is 2. The van der Waals surface area contributed by atoms with Crippen molar-refractivity contribution in [3.63, 3.8) is 0 Å². The Morgan fingerprint density at radius 2 is 1.39 bits per heavy atom. The third-order valence-corrected chi connectivity index (χ3v) is 6.53. The molecule has 0 saturated carbocycles. The number of unbranched alkanes of at least 4 members (excludes halogenated alkanes) is 5. The smallest absolute Gasteiger partial charge is 0.344 e. The maximum absolute atomic E-state index is 15.2. The maximum atomic E-state index is 15.2. The molecule has 4 aromatic rings. The molecule has 0 fully saturated rings. The summed E-state index contributed by atoms with van der Waals surface area (Å²) in [4.78, 5) is 12.8. The van der Waals surface area contributed by atoms with Crippen molar-refractivity contribution in [3.05, 3.63) is 82.0 Å². The number of hydrogen-bond donors (Lipinski definition) is 0. The zero-order chi connectivity index (χ0) is 23.2. The van der Waals surface area contributed by atoms with Gasteiger partial charge in [-0.3, -0.25) is 0 Å². The van der Waals surface area contributed by atoms with E-state index in [0.717, 1.165) is 42.2 Å². The second-order valence-electron chi connectivity index (χ2n) is 9.03. The van der Waals surface area contributed by atoms with Gasteiger partial charge in [-0.25, -0.2) is 9.18 Å². The van der Waals surface area contributed by atoms with Crippen LogP contribution in [0.3, 0.4) is 0 Å². The lowest BCUT2D eigenvalue weighted by atomic mass is 9.97. The van der Waals surface area contributed by atoms with Crippen molar-refractivity contribution in [2.75, 3.05) is 0 Å². The van der Waals surface area contributed by atoms with Crippen LogP contribution in [-0.2, 0) is 12.8 Å². The molecular formula is C30H33FO2. The zero-order valence-electron chi connectivity index (χ0n) is 19.8. The van der Waals surface area contributed by atoms with Crippen LogP contribution >= 0.6 is 0 Å². The molecule has 0 atom stereocenters. The fourth-order valence-corrected chi connectivity index (χ4v) is 4.63. The molecule has 3 heteroatoms. The fraction of sp³-hybridized carbons (Fsp3) is 0.367. The van der Waals surface area contributed by atoms with E-state index in [-0.39, 0.29) is 5.58 Å². The van der Waals surface area contributed by atoms with Crippen LogP contribution < -0.4 is 5.63 Å². The Morgan fingerprint density at radius 3 is 2.15 bits per heavy atom. The summed E-state index contributed by atoms with van der Waals surface area (Å²) < 4.78 is 20.7. The second kappa shape index (κ2) is 10.8. The highest BCUT2D eigenvalue weighted by Gasteiger charge is 2.15. The SMILES string of the molecule is CCCCCCCCc1ccc2c(oc(=O)c3cc(-c4ccc(CCC)cc4)ccc32)c1F. The van der Waals surface area contributed by atoms with Gasteiger partial charge in [-0.1, -0.05) is 101 Å². The third kappa shape index (κ3) is 5.19. The van der Waals surface area contributed by atoms with E-state index in [0.29, 0.717) is 22.8 Å². The van der Waals surface area contributed by atoms with Crippen LogP contribution in [0.4, 0.5) is 4.39 Å². The summed E-state index contributed by atoms with van der Waals surface area (Å²) in [6, 6.07) is 18.0. The van der Waals surface area contributed by atoms with E-state index in [1.54, 1.807) is 0 Å². The lowest BCUT2D eigenvalue weighted by molar-refractivity contribution is 0.521. The van der Waals surface area contributed by atoms with Crippen LogP contribution in [-0.4, -0.2) is 0 Å². The van der Waals surface area contributed by atoms with Crippen LogP contribution in [0.15, 0.2) is 63.8 Å². The van der Waals surface area contributed by atoms with E-state index in [2.05, 4.69) is 38.1 Å². The molecule has 172 valence electrons. The molecular weight excluding hydrogens is 411 g/mol. The summed E-state index contributed by atoms with van der Waals surface area (Å²) in [5.41, 5.74) is 3.53. The Morgan fingerprint density at radius 1 is 0.697 bits per heavy atom. The van der Waals surface area contributed by atoms with E-state index in [1.165, 1.54) is 31.2 Å². The Hall–Kier alpha value is -2.94. The van der Waals surface area contributed by atoms with Crippen molar-refractivity contribution in [1.29, 1.82) is 0 Å². The Labute approximate surface area is 195 Å².